The summed E-state index contributed by atoms with van der Waals surface area (Å²) in [6, 6.07) is 3.89. The molecule has 0 spiro atoms. The molecule has 0 bridgehead atoms. The smallest absolute Gasteiger partial charge is 0.236 e. The highest BCUT2D eigenvalue weighted by molar-refractivity contribution is 5.79. The molecule has 150 valence electrons. The summed E-state index contributed by atoms with van der Waals surface area (Å²) in [4.78, 5) is 25.0. The lowest BCUT2D eigenvalue weighted by molar-refractivity contribution is -0.130. The Balaban J connectivity index is 1.77. The van der Waals surface area contributed by atoms with Gasteiger partial charge in [-0.05, 0) is 51.6 Å². The Morgan fingerprint density at radius 2 is 2.19 bits per heavy atom. The molecule has 1 heterocycles. The van der Waals surface area contributed by atoms with Gasteiger partial charge < -0.3 is 20.2 Å². The van der Waals surface area contributed by atoms with Crippen LogP contribution in [0.25, 0.3) is 0 Å². The maximum Gasteiger partial charge on any atom is 0.236 e. The topological polar surface area (TPSA) is 81.1 Å². The molecule has 0 saturated heterocycles. The number of aliphatic hydroxyl groups excluding tert-OH is 1. The van der Waals surface area contributed by atoms with Crippen LogP contribution in [-0.2, 0) is 11.3 Å². The first-order valence-electron chi connectivity index (χ1n) is 9.67. The summed E-state index contributed by atoms with van der Waals surface area (Å²) in [5.74, 6) is 0.107. The highest BCUT2D eigenvalue weighted by Crippen LogP contribution is 2.45. The molecule has 0 aliphatic heterocycles. The third-order valence-corrected chi connectivity index (χ3v) is 4.93. The van der Waals surface area contributed by atoms with Gasteiger partial charge >= 0.3 is 0 Å². The summed E-state index contributed by atoms with van der Waals surface area (Å²) in [7, 11) is 4.01. The van der Waals surface area contributed by atoms with Crippen LogP contribution in [0.5, 0.6) is 0 Å². The van der Waals surface area contributed by atoms with Crippen LogP contribution in [0.2, 0.25) is 0 Å². The Morgan fingerprint density at radius 3 is 2.81 bits per heavy atom. The molecule has 1 amide bonds. The van der Waals surface area contributed by atoms with Gasteiger partial charge in [0.2, 0.25) is 5.91 Å². The van der Waals surface area contributed by atoms with E-state index in [0.717, 1.165) is 37.2 Å². The Labute approximate surface area is 162 Å². The van der Waals surface area contributed by atoms with Crippen molar-refractivity contribution in [2.45, 2.75) is 26.3 Å². The molecule has 1 aliphatic rings. The van der Waals surface area contributed by atoms with Crippen molar-refractivity contribution in [2.24, 2.45) is 10.4 Å². The zero-order valence-electron chi connectivity index (χ0n) is 16.8. The molecule has 1 aromatic rings. The number of amides is 1. The number of aromatic nitrogens is 1. The van der Waals surface area contributed by atoms with E-state index >= 15 is 0 Å². The lowest BCUT2D eigenvalue weighted by Crippen LogP contribution is -2.41. The van der Waals surface area contributed by atoms with Gasteiger partial charge in [-0.1, -0.05) is 0 Å². The molecule has 1 aromatic heterocycles. The van der Waals surface area contributed by atoms with Crippen molar-refractivity contribution in [3.63, 3.8) is 0 Å². The molecule has 0 atom stereocenters. The zero-order chi connectivity index (χ0) is 19.7. The van der Waals surface area contributed by atoms with Crippen LogP contribution in [0.3, 0.4) is 0 Å². The van der Waals surface area contributed by atoms with E-state index < -0.39 is 0 Å². The van der Waals surface area contributed by atoms with E-state index in [1.165, 1.54) is 0 Å². The lowest BCUT2D eigenvalue weighted by Gasteiger charge is -2.23. The van der Waals surface area contributed by atoms with Crippen molar-refractivity contribution in [1.82, 2.24) is 20.1 Å². The van der Waals surface area contributed by atoms with E-state index in [1.807, 2.05) is 44.3 Å². The summed E-state index contributed by atoms with van der Waals surface area (Å²) < 4.78 is 0. The number of pyridine rings is 1. The average Bonchev–Trinajstić information content (AvgIpc) is 3.43. The van der Waals surface area contributed by atoms with Crippen molar-refractivity contribution in [3.05, 3.63) is 29.6 Å². The first-order valence-corrected chi connectivity index (χ1v) is 9.67. The first-order chi connectivity index (χ1) is 13.0. The summed E-state index contributed by atoms with van der Waals surface area (Å²) in [5.41, 5.74) is 1.90. The fraction of sp³-hybridized carbons (Fsp3) is 0.650. The van der Waals surface area contributed by atoms with Crippen LogP contribution in [0.1, 0.15) is 31.0 Å². The zero-order valence-corrected chi connectivity index (χ0v) is 16.8. The van der Waals surface area contributed by atoms with Crippen LogP contribution in [0.15, 0.2) is 23.3 Å². The number of nitrogens with zero attached hydrogens (tertiary/aromatic N) is 4. The number of aliphatic hydroxyl groups is 1. The molecule has 7 heteroatoms. The Kier molecular flexibility index (Phi) is 8.34. The van der Waals surface area contributed by atoms with Gasteiger partial charge in [0.25, 0.3) is 0 Å². The largest absolute Gasteiger partial charge is 0.396 e. The van der Waals surface area contributed by atoms with Crippen LogP contribution in [-0.4, -0.2) is 85.4 Å². The minimum Gasteiger partial charge on any atom is -0.396 e. The van der Waals surface area contributed by atoms with E-state index in [9.17, 15) is 9.90 Å². The number of nitrogens with one attached hydrogen (secondary N) is 1. The Hall–Kier alpha value is -1.83. The second kappa shape index (κ2) is 10.5. The van der Waals surface area contributed by atoms with Crippen molar-refractivity contribution < 1.29 is 9.90 Å². The van der Waals surface area contributed by atoms with Gasteiger partial charge in [-0.15, -0.1) is 0 Å². The van der Waals surface area contributed by atoms with Gasteiger partial charge in [0.05, 0.1) is 18.8 Å². The van der Waals surface area contributed by atoms with E-state index in [1.54, 1.807) is 6.20 Å². The normalized spacial score (nSPS) is 15.4. The van der Waals surface area contributed by atoms with Crippen molar-refractivity contribution >= 4 is 12.1 Å². The third kappa shape index (κ3) is 7.36. The predicted octanol–water partition coefficient (Wildman–Crippen LogP) is 0.773. The number of aliphatic imine (C=N–C) groups is 1. The summed E-state index contributed by atoms with van der Waals surface area (Å²) in [6.45, 7) is 6.05. The van der Waals surface area contributed by atoms with Gasteiger partial charge in [-0.3, -0.25) is 14.8 Å². The van der Waals surface area contributed by atoms with Gasteiger partial charge in [0.15, 0.2) is 0 Å². The molecule has 0 radical (unpaired) electrons. The van der Waals surface area contributed by atoms with Crippen LogP contribution >= 0.6 is 0 Å². The molecule has 0 unspecified atom stereocenters. The highest BCUT2D eigenvalue weighted by Gasteiger charge is 2.41. The number of carbonyl (C=O) groups excluding carboxylic acids is 1. The highest BCUT2D eigenvalue weighted by atomic mass is 16.3. The van der Waals surface area contributed by atoms with Crippen molar-refractivity contribution in [1.29, 1.82) is 0 Å². The predicted molar refractivity (Wildman–Crippen MR) is 108 cm³/mol. The van der Waals surface area contributed by atoms with Crippen LogP contribution < -0.4 is 5.32 Å². The molecule has 7 nitrogen and oxygen atoms in total. The van der Waals surface area contributed by atoms with Gasteiger partial charge in [-0.25, -0.2) is 0 Å². The second-order valence-electron chi connectivity index (χ2n) is 7.59. The van der Waals surface area contributed by atoms with Crippen LogP contribution in [0.4, 0.5) is 0 Å². The number of rotatable bonds is 12. The SMILES string of the molecule is CCN(CCN(C)C)C(=O)CNCc1cc(/C=N/CC2(CO)CC2)ccn1. The summed E-state index contributed by atoms with van der Waals surface area (Å²) >= 11 is 0. The van der Waals surface area contributed by atoms with E-state index in [2.05, 4.69) is 20.2 Å². The molecule has 1 aliphatic carbocycles. The number of hydrogen-bond donors (Lipinski definition) is 2. The van der Waals surface area contributed by atoms with Gasteiger partial charge in [-0.2, -0.15) is 0 Å². The Morgan fingerprint density at radius 1 is 1.41 bits per heavy atom. The third-order valence-electron chi connectivity index (χ3n) is 4.93. The molecule has 1 saturated carbocycles. The molecular formula is C20H33N5O2. The monoisotopic (exact) mass is 375 g/mol. The fourth-order valence-electron chi connectivity index (χ4n) is 2.75. The Bertz CT molecular complexity index is 629. The summed E-state index contributed by atoms with van der Waals surface area (Å²) in [6.07, 6.45) is 5.72. The first kappa shape index (κ1) is 21.5. The minimum absolute atomic E-state index is 0.0337. The standard InChI is InChI=1S/C20H33N5O2/c1-4-25(10-9-24(2)3)19(27)14-21-13-18-11-17(5-8-23-18)12-22-15-20(16-26)6-7-20/h5,8,11-12,21,26H,4,6-7,9-10,13-16H2,1-3H3/b22-12+. The second-order valence-corrected chi connectivity index (χ2v) is 7.59. The quantitative estimate of drug-likeness (QED) is 0.528. The molecule has 0 aromatic carbocycles. The molecular weight excluding hydrogens is 342 g/mol. The fourth-order valence-corrected chi connectivity index (χ4v) is 2.75. The molecule has 27 heavy (non-hydrogen) atoms. The number of carbonyl (C=O) groups is 1. The van der Waals surface area contributed by atoms with Gasteiger partial charge in [0, 0.05) is 50.6 Å². The van der Waals surface area contributed by atoms with Crippen molar-refractivity contribution in [3.8, 4) is 0 Å². The summed E-state index contributed by atoms with van der Waals surface area (Å²) in [5, 5.41) is 12.5. The molecule has 2 rings (SSSR count). The maximum absolute atomic E-state index is 12.3. The molecule has 1 fully saturated rings. The van der Waals surface area contributed by atoms with E-state index in [4.69, 9.17) is 0 Å². The average molecular weight is 376 g/mol. The van der Waals surface area contributed by atoms with E-state index in [-0.39, 0.29) is 17.9 Å². The lowest BCUT2D eigenvalue weighted by atomic mass is 10.1. The van der Waals surface area contributed by atoms with E-state index in [0.29, 0.717) is 26.2 Å². The minimum atomic E-state index is 0.0337. The number of likely N-dealkylation sites (N-methyl/N-ethyl adjacent to an activating group) is 2. The molecule has 2 N–H and O–H groups in total. The van der Waals surface area contributed by atoms with Gasteiger partial charge in [0.1, 0.15) is 0 Å². The number of hydrogen-bond acceptors (Lipinski definition) is 6. The van der Waals surface area contributed by atoms with Crippen molar-refractivity contribution in [2.75, 3.05) is 53.4 Å². The van der Waals surface area contributed by atoms with Crippen LogP contribution in [0, 0.1) is 5.41 Å². The maximum atomic E-state index is 12.3.